The van der Waals surface area contributed by atoms with Gasteiger partial charge in [0, 0.05) is 13.5 Å². The summed E-state index contributed by atoms with van der Waals surface area (Å²) in [4.78, 5) is 0. The number of hydrogen-bond acceptors (Lipinski definition) is 3. The van der Waals surface area contributed by atoms with Gasteiger partial charge in [0.15, 0.2) is 0 Å². The van der Waals surface area contributed by atoms with Gasteiger partial charge >= 0.3 is 0 Å². The summed E-state index contributed by atoms with van der Waals surface area (Å²) >= 11 is 3.58. The molecule has 0 aliphatic carbocycles. The molecule has 0 amide bonds. The predicted molar refractivity (Wildman–Crippen MR) is 86.7 cm³/mol. The van der Waals surface area contributed by atoms with Gasteiger partial charge in [-0.3, -0.25) is 4.68 Å². The number of aryl methyl sites for hydroxylation is 2. The van der Waals surface area contributed by atoms with Gasteiger partial charge in [-0.25, -0.2) is 0 Å². The third-order valence-electron chi connectivity index (χ3n) is 3.56. The topological polar surface area (TPSA) is 47.3 Å². The molecule has 1 atom stereocenters. The maximum atomic E-state index is 10.3. The van der Waals surface area contributed by atoms with E-state index in [0.29, 0.717) is 12.8 Å². The third kappa shape index (κ3) is 3.86. The minimum absolute atomic E-state index is 0.435. The van der Waals surface area contributed by atoms with Crippen molar-refractivity contribution in [3.63, 3.8) is 0 Å². The highest BCUT2D eigenvalue weighted by Gasteiger charge is 2.16. The number of aliphatic hydroxyl groups excluding tert-OH is 1. The van der Waals surface area contributed by atoms with Crippen LogP contribution in [0.2, 0.25) is 0 Å². The van der Waals surface area contributed by atoms with Crippen LogP contribution in [0.5, 0.6) is 5.75 Å². The van der Waals surface area contributed by atoms with Crippen LogP contribution in [-0.4, -0.2) is 28.1 Å². The van der Waals surface area contributed by atoms with Crippen LogP contribution in [0, 0.1) is 0 Å². The highest BCUT2D eigenvalue weighted by Crippen LogP contribution is 2.23. The van der Waals surface area contributed by atoms with E-state index in [1.807, 2.05) is 36.0 Å². The number of methoxy groups -OCH3 is 1. The molecule has 0 radical (unpaired) electrons. The fraction of sp³-hybridized carbons (Fsp3) is 0.438. The Balaban J connectivity index is 2.04. The Morgan fingerprint density at radius 3 is 2.48 bits per heavy atom. The van der Waals surface area contributed by atoms with E-state index in [1.54, 1.807) is 7.11 Å². The van der Waals surface area contributed by atoms with E-state index in [0.717, 1.165) is 33.6 Å². The monoisotopic (exact) mass is 352 g/mol. The number of rotatable bonds is 6. The smallest absolute Gasteiger partial charge is 0.118 e. The number of aromatic nitrogens is 2. The van der Waals surface area contributed by atoms with Crippen molar-refractivity contribution in [2.45, 2.75) is 32.3 Å². The number of hydrogen-bond donors (Lipinski definition) is 1. The van der Waals surface area contributed by atoms with E-state index in [-0.39, 0.29) is 0 Å². The minimum atomic E-state index is -0.435. The lowest BCUT2D eigenvalue weighted by molar-refractivity contribution is 0.172. The van der Waals surface area contributed by atoms with Gasteiger partial charge in [-0.15, -0.1) is 0 Å². The molecular formula is C16H21BrN2O2. The fourth-order valence-corrected chi connectivity index (χ4v) is 3.15. The Morgan fingerprint density at radius 2 is 1.95 bits per heavy atom. The summed E-state index contributed by atoms with van der Waals surface area (Å²) in [7, 11) is 3.56. The summed E-state index contributed by atoms with van der Waals surface area (Å²) in [5.41, 5.74) is 3.16. The fourth-order valence-electron chi connectivity index (χ4n) is 2.37. The molecule has 0 fully saturated rings. The normalized spacial score (nSPS) is 12.4. The average molecular weight is 353 g/mol. The van der Waals surface area contributed by atoms with Crippen molar-refractivity contribution in [2.24, 2.45) is 7.05 Å². The molecule has 1 aromatic heterocycles. The van der Waals surface area contributed by atoms with Gasteiger partial charge in [-0.05, 0) is 46.5 Å². The molecule has 0 saturated carbocycles. The van der Waals surface area contributed by atoms with Gasteiger partial charge in [-0.2, -0.15) is 5.10 Å². The summed E-state index contributed by atoms with van der Waals surface area (Å²) in [6.45, 7) is 2.07. The zero-order valence-electron chi connectivity index (χ0n) is 12.6. The molecule has 0 aliphatic heterocycles. The number of benzene rings is 1. The van der Waals surface area contributed by atoms with Gasteiger partial charge in [0.05, 0.1) is 29.1 Å². The third-order valence-corrected chi connectivity index (χ3v) is 4.48. The summed E-state index contributed by atoms with van der Waals surface area (Å²) in [5, 5.41) is 14.8. The van der Waals surface area contributed by atoms with Crippen LogP contribution in [0.25, 0.3) is 0 Å². The molecule has 0 aliphatic rings. The number of halogens is 1. The molecule has 2 rings (SSSR count). The van der Waals surface area contributed by atoms with Gasteiger partial charge in [0.2, 0.25) is 0 Å². The predicted octanol–water partition coefficient (Wildman–Crippen LogP) is 2.90. The Bertz CT molecular complexity index is 593. The highest BCUT2D eigenvalue weighted by molar-refractivity contribution is 9.10. The second-order valence-corrected chi connectivity index (χ2v) is 5.89. The molecule has 0 bridgehead atoms. The molecule has 21 heavy (non-hydrogen) atoms. The van der Waals surface area contributed by atoms with Gasteiger partial charge in [-0.1, -0.05) is 19.1 Å². The van der Waals surface area contributed by atoms with E-state index in [4.69, 9.17) is 4.74 Å². The molecule has 1 heterocycles. The van der Waals surface area contributed by atoms with E-state index < -0.39 is 6.10 Å². The van der Waals surface area contributed by atoms with Crippen LogP contribution in [0.15, 0.2) is 28.7 Å². The maximum Gasteiger partial charge on any atom is 0.118 e. The molecule has 1 aromatic carbocycles. The first-order valence-corrected chi connectivity index (χ1v) is 7.85. The molecule has 2 aromatic rings. The summed E-state index contributed by atoms with van der Waals surface area (Å²) in [6, 6.07) is 7.80. The first kappa shape index (κ1) is 16.0. The van der Waals surface area contributed by atoms with Gasteiger partial charge in [0.25, 0.3) is 0 Å². The van der Waals surface area contributed by atoms with E-state index in [1.165, 1.54) is 0 Å². The van der Waals surface area contributed by atoms with E-state index in [2.05, 4.69) is 28.0 Å². The van der Waals surface area contributed by atoms with Crippen molar-refractivity contribution in [1.82, 2.24) is 9.78 Å². The van der Waals surface area contributed by atoms with Crippen molar-refractivity contribution >= 4 is 15.9 Å². The molecule has 4 nitrogen and oxygen atoms in total. The SMILES string of the molecule is CCc1nn(C)c(CC(O)Cc2ccc(OC)cc2)c1Br. The lowest BCUT2D eigenvalue weighted by Gasteiger charge is -2.12. The molecule has 0 spiro atoms. The zero-order valence-corrected chi connectivity index (χ0v) is 14.2. The van der Waals surface area contributed by atoms with Gasteiger partial charge in [0.1, 0.15) is 5.75 Å². The molecule has 5 heteroatoms. The first-order valence-electron chi connectivity index (χ1n) is 7.06. The second kappa shape index (κ2) is 7.09. The van der Waals surface area contributed by atoms with Crippen molar-refractivity contribution in [1.29, 1.82) is 0 Å². The van der Waals surface area contributed by atoms with Crippen LogP contribution >= 0.6 is 15.9 Å². The molecule has 114 valence electrons. The molecule has 0 saturated heterocycles. The Labute approximate surface area is 133 Å². The quantitative estimate of drug-likeness (QED) is 0.869. The summed E-state index contributed by atoms with van der Waals surface area (Å²) in [6.07, 6.45) is 1.64. The Morgan fingerprint density at radius 1 is 1.29 bits per heavy atom. The van der Waals surface area contributed by atoms with Crippen molar-refractivity contribution in [2.75, 3.05) is 7.11 Å². The van der Waals surface area contributed by atoms with Crippen LogP contribution in [0.1, 0.15) is 23.9 Å². The van der Waals surface area contributed by atoms with Crippen LogP contribution in [-0.2, 0) is 26.3 Å². The summed E-state index contributed by atoms with van der Waals surface area (Å²) in [5.74, 6) is 0.829. The van der Waals surface area contributed by atoms with Crippen LogP contribution in [0.4, 0.5) is 0 Å². The molecule has 1 unspecified atom stereocenters. The van der Waals surface area contributed by atoms with E-state index >= 15 is 0 Å². The van der Waals surface area contributed by atoms with Crippen molar-refractivity contribution in [3.8, 4) is 5.75 Å². The zero-order chi connectivity index (χ0) is 15.4. The molecule has 1 N–H and O–H groups in total. The maximum absolute atomic E-state index is 10.3. The van der Waals surface area contributed by atoms with Crippen molar-refractivity contribution in [3.05, 3.63) is 45.7 Å². The Kier molecular flexibility index (Phi) is 5.42. The lowest BCUT2D eigenvalue weighted by Crippen LogP contribution is -2.16. The van der Waals surface area contributed by atoms with E-state index in [9.17, 15) is 5.11 Å². The lowest BCUT2D eigenvalue weighted by atomic mass is 10.0. The number of ether oxygens (including phenoxy) is 1. The highest BCUT2D eigenvalue weighted by atomic mass is 79.9. The van der Waals surface area contributed by atoms with Crippen LogP contribution < -0.4 is 4.74 Å². The second-order valence-electron chi connectivity index (χ2n) is 5.09. The largest absolute Gasteiger partial charge is 0.497 e. The number of nitrogens with zero attached hydrogens (tertiary/aromatic N) is 2. The van der Waals surface area contributed by atoms with Crippen molar-refractivity contribution < 1.29 is 9.84 Å². The minimum Gasteiger partial charge on any atom is -0.497 e. The average Bonchev–Trinajstić information content (AvgIpc) is 2.75. The van der Waals surface area contributed by atoms with Crippen LogP contribution in [0.3, 0.4) is 0 Å². The first-order chi connectivity index (χ1) is 10.0. The Hall–Kier alpha value is -1.33. The molecular weight excluding hydrogens is 332 g/mol. The van der Waals surface area contributed by atoms with Gasteiger partial charge < -0.3 is 9.84 Å². The standard InChI is InChI=1S/C16H21BrN2O2/c1-4-14-16(17)15(19(2)18-14)10-12(20)9-11-5-7-13(21-3)8-6-11/h5-8,12,20H,4,9-10H2,1-3H3. The summed E-state index contributed by atoms with van der Waals surface area (Å²) < 4.78 is 8.00. The number of aliphatic hydroxyl groups is 1.